The molecule has 0 unspecified atom stereocenters. The Balaban J connectivity index is 1.54. The average Bonchev–Trinajstić information content (AvgIpc) is 3.03. The first-order valence-electron chi connectivity index (χ1n) is 8.45. The van der Waals surface area contributed by atoms with E-state index in [0.29, 0.717) is 42.6 Å². The molecule has 2 N–H and O–H groups in total. The van der Waals surface area contributed by atoms with E-state index in [9.17, 15) is 9.59 Å². The molecular formula is C17H25N3O3. The summed E-state index contributed by atoms with van der Waals surface area (Å²) in [5, 5.41) is 3.06. The van der Waals surface area contributed by atoms with Crippen LogP contribution in [-0.4, -0.2) is 35.1 Å². The maximum atomic E-state index is 12.2. The predicted octanol–water partition coefficient (Wildman–Crippen LogP) is 1.39. The Kier molecular flexibility index (Phi) is 4.53. The van der Waals surface area contributed by atoms with Gasteiger partial charge in [0.2, 0.25) is 5.91 Å². The summed E-state index contributed by atoms with van der Waals surface area (Å²) < 4.78 is 5.78. The molecule has 2 aliphatic rings. The first-order chi connectivity index (χ1) is 11.0. The summed E-state index contributed by atoms with van der Waals surface area (Å²) in [7, 11) is 0. The predicted molar refractivity (Wildman–Crippen MR) is 86.3 cm³/mol. The van der Waals surface area contributed by atoms with Gasteiger partial charge in [-0.25, -0.2) is 4.98 Å². The molecule has 6 nitrogen and oxygen atoms in total. The van der Waals surface area contributed by atoms with E-state index in [4.69, 9.17) is 4.74 Å². The van der Waals surface area contributed by atoms with E-state index in [-0.39, 0.29) is 16.9 Å². The molecule has 2 atom stereocenters. The number of nitrogens with one attached hydrogen (secondary N) is 2. The van der Waals surface area contributed by atoms with Gasteiger partial charge < -0.3 is 15.0 Å². The second-order valence-electron chi connectivity index (χ2n) is 6.86. The third-order valence-electron chi connectivity index (χ3n) is 5.32. The lowest BCUT2D eigenvalue weighted by molar-refractivity contribution is -0.121. The van der Waals surface area contributed by atoms with Gasteiger partial charge in [0.15, 0.2) is 0 Å². The maximum absolute atomic E-state index is 12.2. The average molecular weight is 319 g/mol. The second kappa shape index (κ2) is 6.43. The highest BCUT2D eigenvalue weighted by Crippen LogP contribution is 2.46. The monoisotopic (exact) mass is 319 g/mol. The van der Waals surface area contributed by atoms with Crippen molar-refractivity contribution >= 4 is 5.91 Å². The zero-order chi connectivity index (χ0) is 16.4. The highest BCUT2D eigenvalue weighted by Gasteiger charge is 2.47. The standard InChI is InChI=1S/C17H25N3O3/c1-11-13(16(22)20-12(2)19-11)5-6-15(21)18-10-17-7-3-4-14(17)23-9-8-17/h14H,3-10H2,1-2H3,(H,18,21)(H,19,20,22)/t14-,17-/m1/s1. The van der Waals surface area contributed by atoms with Gasteiger partial charge in [0.25, 0.3) is 5.56 Å². The van der Waals surface area contributed by atoms with Crippen LogP contribution in [-0.2, 0) is 16.0 Å². The van der Waals surface area contributed by atoms with Crippen molar-refractivity contribution in [2.75, 3.05) is 13.2 Å². The van der Waals surface area contributed by atoms with Crippen LogP contribution >= 0.6 is 0 Å². The van der Waals surface area contributed by atoms with Crippen LogP contribution in [0.1, 0.15) is 49.2 Å². The minimum absolute atomic E-state index is 0.00343. The number of fused-ring (bicyclic) bond motifs is 1. The summed E-state index contributed by atoms with van der Waals surface area (Å²) in [6, 6.07) is 0. The van der Waals surface area contributed by atoms with Crippen LogP contribution in [0.4, 0.5) is 0 Å². The molecule has 1 aliphatic carbocycles. The van der Waals surface area contributed by atoms with Crippen molar-refractivity contribution in [1.82, 2.24) is 15.3 Å². The Morgan fingerprint density at radius 2 is 2.26 bits per heavy atom. The molecule has 23 heavy (non-hydrogen) atoms. The molecule has 1 saturated carbocycles. The van der Waals surface area contributed by atoms with Crippen LogP contribution in [0.25, 0.3) is 0 Å². The molecule has 1 amide bonds. The fourth-order valence-corrected chi connectivity index (χ4v) is 3.99. The summed E-state index contributed by atoms with van der Waals surface area (Å²) in [5.74, 6) is 0.601. The third kappa shape index (κ3) is 3.32. The van der Waals surface area contributed by atoms with Crippen molar-refractivity contribution in [3.05, 3.63) is 27.4 Å². The minimum Gasteiger partial charge on any atom is -0.378 e. The normalized spacial score (nSPS) is 26.3. The highest BCUT2D eigenvalue weighted by molar-refractivity contribution is 5.76. The molecule has 0 radical (unpaired) electrons. The Labute approximate surface area is 136 Å². The zero-order valence-electron chi connectivity index (χ0n) is 13.9. The highest BCUT2D eigenvalue weighted by atomic mass is 16.5. The molecule has 3 rings (SSSR count). The van der Waals surface area contributed by atoms with Crippen LogP contribution in [0, 0.1) is 19.3 Å². The Bertz CT molecular complexity index is 643. The van der Waals surface area contributed by atoms with Crippen molar-refractivity contribution < 1.29 is 9.53 Å². The van der Waals surface area contributed by atoms with Gasteiger partial charge >= 0.3 is 0 Å². The molecule has 1 aliphatic heterocycles. The number of carbonyl (C=O) groups excluding carboxylic acids is 1. The van der Waals surface area contributed by atoms with Gasteiger partial charge in [-0.05, 0) is 39.5 Å². The van der Waals surface area contributed by atoms with Crippen LogP contribution < -0.4 is 10.9 Å². The summed E-state index contributed by atoms with van der Waals surface area (Å²) >= 11 is 0. The van der Waals surface area contributed by atoms with E-state index in [1.54, 1.807) is 6.92 Å². The van der Waals surface area contributed by atoms with Gasteiger partial charge in [0.05, 0.1) is 6.10 Å². The molecule has 0 aromatic carbocycles. The third-order valence-corrected chi connectivity index (χ3v) is 5.32. The van der Waals surface area contributed by atoms with Crippen LogP contribution in [0.5, 0.6) is 0 Å². The van der Waals surface area contributed by atoms with E-state index in [1.807, 2.05) is 6.92 Å². The molecule has 6 heteroatoms. The lowest BCUT2D eigenvalue weighted by atomic mass is 9.83. The largest absolute Gasteiger partial charge is 0.378 e. The van der Waals surface area contributed by atoms with Crippen molar-refractivity contribution in [1.29, 1.82) is 0 Å². The summed E-state index contributed by atoms with van der Waals surface area (Å²) in [6.45, 7) is 5.07. The lowest BCUT2D eigenvalue weighted by Gasteiger charge is -2.27. The number of carbonyl (C=O) groups is 1. The molecule has 126 valence electrons. The molecule has 2 fully saturated rings. The van der Waals surface area contributed by atoms with Crippen molar-refractivity contribution in [3.8, 4) is 0 Å². The van der Waals surface area contributed by atoms with E-state index in [2.05, 4.69) is 15.3 Å². The SMILES string of the molecule is Cc1nc(C)c(CCC(=O)NC[C@]23CCC[C@H]2OCC3)c(=O)[nH]1. The summed E-state index contributed by atoms with van der Waals surface area (Å²) in [5.41, 5.74) is 1.32. The molecule has 1 saturated heterocycles. The smallest absolute Gasteiger partial charge is 0.254 e. The maximum Gasteiger partial charge on any atom is 0.254 e. The van der Waals surface area contributed by atoms with E-state index < -0.39 is 0 Å². The fourth-order valence-electron chi connectivity index (χ4n) is 3.99. The first kappa shape index (κ1) is 16.2. The number of ether oxygens (including phenoxy) is 1. The number of H-pyrrole nitrogens is 1. The van der Waals surface area contributed by atoms with E-state index in [1.165, 1.54) is 6.42 Å². The Hall–Kier alpha value is -1.69. The Morgan fingerprint density at radius 3 is 3.04 bits per heavy atom. The number of amides is 1. The molecule has 1 aromatic heterocycles. The van der Waals surface area contributed by atoms with Gasteiger partial charge in [-0.1, -0.05) is 6.42 Å². The number of aryl methyl sites for hydroxylation is 2. The van der Waals surface area contributed by atoms with Gasteiger partial charge in [-0.15, -0.1) is 0 Å². The number of aromatic nitrogens is 2. The van der Waals surface area contributed by atoms with Gasteiger partial charge in [-0.2, -0.15) is 0 Å². The lowest BCUT2D eigenvalue weighted by Crippen LogP contribution is -2.40. The molecule has 1 aromatic rings. The first-order valence-corrected chi connectivity index (χ1v) is 8.45. The minimum atomic E-state index is -0.138. The van der Waals surface area contributed by atoms with Crippen molar-refractivity contribution in [2.45, 2.75) is 58.5 Å². The van der Waals surface area contributed by atoms with Crippen molar-refractivity contribution in [3.63, 3.8) is 0 Å². The number of hydrogen-bond donors (Lipinski definition) is 2. The Morgan fingerprint density at radius 1 is 1.43 bits per heavy atom. The fraction of sp³-hybridized carbons (Fsp3) is 0.706. The molecule has 2 heterocycles. The number of aromatic amines is 1. The van der Waals surface area contributed by atoms with Crippen LogP contribution in [0.3, 0.4) is 0 Å². The summed E-state index contributed by atoms with van der Waals surface area (Å²) in [4.78, 5) is 31.1. The zero-order valence-corrected chi connectivity index (χ0v) is 13.9. The van der Waals surface area contributed by atoms with Crippen molar-refractivity contribution in [2.24, 2.45) is 5.41 Å². The quantitative estimate of drug-likeness (QED) is 0.859. The molecular weight excluding hydrogens is 294 g/mol. The van der Waals surface area contributed by atoms with E-state index >= 15 is 0 Å². The van der Waals surface area contributed by atoms with Crippen LogP contribution in [0.2, 0.25) is 0 Å². The molecule has 0 spiro atoms. The summed E-state index contributed by atoms with van der Waals surface area (Å²) in [6.07, 6.45) is 5.53. The second-order valence-corrected chi connectivity index (χ2v) is 6.86. The van der Waals surface area contributed by atoms with Gasteiger partial charge in [-0.3, -0.25) is 9.59 Å². The number of rotatable bonds is 5. The van der Waals surface area contributed by atoms with Crippen LogP contribution in [0.15, 0.2) is 4.79 Å². The number of nitrogens with zero attached hydrogens (tertiary/aromatic N) is 1. The van der Waals surface area contributed by atoms with Gasteiger partial charge in [0.1, 0.15) is 5.82 Å². The topological polar surface area (TPSA) is 84.1 Å². The van der Waals surface area contributed by atoms with E-state index in [0.717, 1.165) is 25.9 Å². The number of hydrogen-bond acceptors (Lipinski definition) is 4. The molecule has 0 bridgehead atoms. The van der Waals surface area contributed by atoms with Gasteiger partial charge in [0, 0.05) is 36.2 Å².